The van der Waals surface area contributed by atoms with Crippen molar-refractivity contribution < 1.29 is 0 Å². The second-order valence-corrected chi connectivity index (χ2v) is 4.38. The molecule has 1 aromatic heterocycles. The number of H-pyrrole nitrogens is 1. The number of rotatable bonds is 1. The topological polar surface area (TPSA) is 39.6 Å². The summed E-state index contributed by atoms with van der Waals surface area (Å²) in [5.41, 5.74) is 5.07. The fraction of sp³-hybridized carbons (Fsp3) is 0.0625. The molecular formula is C16H12N2. The Balaban J connectivity index is 2.27. The summed E-state index contributed by atoms with van der Waals surface area (Å²) in [6.07, 6.45) is 0. The zero-order valence-corrected chi connectivity index (χ0v) is 10.1. The van der Waals surface area contributed by atoms with E-state index in [2.05, 4.69) is 36.2 Å². The SMILES string of the molecule is Cc1ccccc1-c1cc2cccc(C#N)c2[nH]1. The van der Waals surface area contributed by atoms with Gasteiger partial charge in [-0.25, -0.2) is 0 Å². The molecule has 2 nitrogen and oxygen atoms in total. The number of aromatic nitrogens is 1. The van der Waals surface area contributed by atoms with E-state index in [-0.39, 0.29) is 0 Å². The molecule has 0 amide bonds. The number of nitriles is 1. The molecule has 86 valence electrons. The van der Waals surface area contributed by atoms with Gasteiger partial charge in [-0.1, -0.05) is 36.4 Å². The molecule has 0 saturated heterocycles. The van der Waals surface area contributed by atoms with Crippen LogP contribution in [0, 0.1) is 18.3 Å². The lowest BCUT2D eigenvalue weighted by Gasteiger charge is -2.01. The number of hydrogen-bond acceptors (Lipinski definition) is 1. The van der Waals surface area contributed by atoms with Gasteiger partial charge in [0.2, 0.25) is 0 Å². The van der Waals surface area contributed by atoms with E-state index in [0.717, 1.165) is 16.6 Å². The monoisotopic (exact) mass is 232 g/mol. The molecule has 0 spiro atoms. The van der Waals surface area contributed by atoms with Crippen molar-refractivity contribution in [3.8, 4) is 17.3 Å². The third-order valence-corrected chi connectivity index (χ3v) is 3.21. The Morgan fingerprint density at radius 2 is 1.89 bits per heavy atom. The zero-order chi connectivity index (χ0) is 12.5. The number of fused-ring (bicyclic) bond motifs is 1. The molecule has 2 aromatic carbocycles. The Kier molecular flexibility index (Phi) is 2.39. The molecule has 0 unspecified atom stereocenters. The maximum atomic E-state index is 9.10. The van der Waals surface area contributed by atoms with Crippen LogP contribution in [0.25, 0.3) is 22.2 Å². The molecule has 0 saturated carbocycles. The lowest BCUT2D eigenvalue weighted by atomic mass is 10.1. The van der Waals surface area contributed by atoms with Crippen molar-refractivity contribution in [2.45, 2.75) is 6.92 Å². The van der Waals surface area contributed by atoms with Gasteiger partial charge in [-0.15, -0.1) is 0 Å². The molecule has 1 N–H and O–H groups in total. The molecule has 0 aliphatic heterocycles. The highest BCUT2D eigenvalue weighted by atomic mass is 14.7. The van der Waals surface area contributed by atoms with Crippen LogP contribution in [0.2, 0.25) is 0 Å². The number of benzene rings is 2. The van der Waals surface area contributed by atoms with Crippen LogP contribution in [0.5, 0.6) is 0 Å². The minimum Gasteiger partial charge on any atom is -0.353 e. The lowest BCUT2D eigenvalue weighted by Crippen LogP contribution is -1.82. The van der Waals surface area contributed by atoms with Gasteiger partial charge in [0.25, 0.3) is 0 Å². The number of nitrogens with zero attached hydrogens (tertiary/aromatic N) is 1. The summed E-state index contributed by atoms with van der Waals surface area (Å²) < 4.78 is 0. The Hall–Kier alpha value is -2.53. The van der Waals surface area contributed by atoms with Gasteiger partial charge in [-0.3, -0.25) is 0 Å². The Morgan fingerprint density at radius 3 is 2.67 bits per heavy atom. The fourth-order valence-corrected chi connectivity index (χ4v) is 2.27. The molecule has 2 heteroatoms. The van der Waals surface area contributed by atoms with Gasteiger partial charge in [0, 0.05) is 16.6 Å². The maximum absolute atomic E-state index is 9.10. The predicted molar refractivity (Wildman–Crippen MR) is 73.2 cm³/mol. The van der Waals surface area contributed by atoms with E-state index >= 15 is 0 Å². The van der Waals surface area contributed by atoms with Gasteiger partial charge in [0.05, 0.1) is 11.1 Å². The summed E-state index contributed by atoms with van der Waals surface area (Å²) >= 11 is 0. The summed E-state index contributed by atoms with van der Waals surface area (Å²) in [5.74, 6) is 0. The predicted octanol–water partition coefficient (Wildman–Crippen LogP) is 4.02. The van der Waals surface area contributed by atoms with Crippen molar-refractivity contribution in [1.29, 1.82) is 5.26 Å². The van der Waals surface area contributed by atoms with E-state index in [9.17, 15) is 0 Å². The van der Waals surface area contributed by atoms with E-state index in [1.807, 2.05) is 30.3 Å². The van der Waals surface area contributed by atoms with Gasteiger partial charge in [-0.05, 0) is 24.6 Å². The van der Waals surface area contributed by atoms with Crippen molar-refractivity contribution >= 4 is 10.9 Å². The smallest absolute Gasteiger partial charge is 0.101 e. The Labute approximate surface area is 106 Å². The van der Waals surface area contributed by atoms with Gasteiger partial charge in [0.15, 0.2) is 0 Å². The standard InChI is InChI=1S/C16H12N2/c1-11-5-2-3-8-14(11)15-9-12-6-4-7-13(10-17)16(12)18-15/h2-9,18H,1H3. The van der Waals surface area contributed by atoms with E-state index in [1.54, 1.807) is 0 Å². The Bertz CT molecular complexity index is 760. The van der Waals surface area contributed by atoms with Crippen LogP contribution in [-0.4, -0.2) is 4.98 Å². The van der Waals surface area contributed by atoms with Crippen LogP contribution < -0.4 is 0 Å². The first kappa shape index (κ1) is 10.6. The van der Waals surface area contributed by atoms with Crippen LogP contribution in [0.3, 0.4) is 0 Å². The molecule has 0 bridgehead atoms. The van der Waals surface area contributed by atoms with Gasteiger partial charge in [0.1, 0.15) is 6.07 Å². The van der Waals surface area contributed by atoms with Crippen molar-refractivity contribution in [3.63, 3.8) is 0 Å². The summed E-state index contributed by atoms with van der Waals surface area (Å²) in [5, 5.41) is 10.2. The third kappa shape index (κ3) is 1.57. The van der Waals surface area contributed by atoms with E-state index < -0.39 is 0 Å². The highest BCUT2D eigenvalue weighted by molar-refractivity contribution is 5.90. The van der Waals surface area contributed by atoms with Crippen LogP contribution >= 0.6 is 0 Å². The van der Waals surface area contributed by atoms with E-state index in [4.69, 9.17) is 5.26 Å². The van der Waals surface area contributed by atoms with E-state index in [1.165, 1.54) is 11.1 Å². The highest BCUT2D eigenvalue weighted by Crippen LogP contribution is 2.27. The molecule has 0 aliphatic carbocycles. The lowest BCUT2D eigenvalue weighted by molar-refractivity contribution is 1.39. The number of aromatic amines is 1. The van der Waals surface area contributed by atoms with E-state index in [0.29, 0.717) is 5.56 Å². The summed E-state index contributed by atoms with van der Waals surface area (Å²) in [7, 11) is 0. The third-order valence-electron chi connectivity index (χ3n) is 3.21. The highest BCUT2D eigenvalue weighted by Gasteiger charge is 2.07. The molecule has 0 fully saturated rings. The largest absolute Gasteiger partial charge is 0.353 e. The van der Waals surface area contributed by atoms with Crippen molar-refractivity contribution in [2.75, 3.05) is 0 Å². The molecule has 1 heterocycles. The quantitative estimate of drug-likeness (QED) is 0.676. The van der Waals surface area contributed by atoms with Crippen molar-refractivity contribution in [3.05, 3.63) is 59.7 Å². The molecule has 3 rings (SSSR count). The second kappa shape index (κ2) is 4.05. The van der Waals surface area contributed by atoms with Crippen molar-refractivity contribution in [2.24, 2.45) is 0 Å². The summed E-state index contributed by atoms with van der Waals surface area (Å²) in [4.78, 5) is 3.35. The van der Waals surface area contributed by atoms with Gasteiger partial charge < -0.3 is 4.98 Å². The number of nitrogens with one attached hydrogen (secondary N) is 1. The first-order valence-electron chi connectivity index (χ1n) is 5.87. The number of para-hydroxylation sites is 1. The molecule has 0 aliphatic rings. The molecule has 18 heavy (non-hydrogen) atoms. The van der Waals surface area contributed by atoms with Crippen molar-refractivity contribution in [1.82, 2.24) is 4.98 Å². The Morgan fingerprint density at radius 1 is 1.06 bits per heavy atom. The number of aryl methyl sites for hydroxylation is 1. The van der Waals surface area contributed by atoms with Crippen LogP contribution in [0.4, 0.5) is 0 Å². The van der Waals surface area contributed by atoms with Crippen LogP contribution in [-0.2, 0) is 0 Å². The summed E-state index contributed by atoms with van der Waals surface area (Å²) in [6, 6.07) is 18.3. The normalized spacial score (nSPS) is 10.4. The van der Waals surface area contributed by atoms with Gasteiger partial charge in [-0.2, -0.15) is 5.26 Å². The maximum Gasteiger partial charge on any atom is 0.101 e. The first-order valence-corrected chi connectivity index (χ1v) is 5.87. The van der Waals surface area contributed by atoms with Gasteiger partial charge >= 0.3 is 0 Å². The van der Waals surface area contributed by atoms with Crippen LogP contribution in [0.15, 0.2) is 48.5 Å². The minimum absolute atomic E-state index is 0.687. The molecular weight excluding hydrogens is 220 g/mol. The minimum atomic E-state index is 0.687. The second-order valence-electron chi connectivity index (χ2n) is 4.38. The average Bonchev–Trinajstić information content (AvgIpc) is 2.82. The average molecular weight is 232 g/mol. The van der Waals surface area contributed by atoms with Crippen LogP contribution in [0.1, 0.15) is 11.1 Å². The zero-order valence-electron chi connectivity index (χ0n) is 10.1. The molecule has 0 radical (unpaired) electrons. The molecule has 0 atom stereocenters. The number of hydrogen-bond donors (Lipinski definition) is 1. The fourth-order valence-electron chi connectivity index (χ4n) is 2.27. The first-order chi connectivity index (χ1) is 8.79. The molecule has 3 aromatic rings. The summed E-state index contributed by atoms with van der Waals surface area (Å²) in [6.45, 7) is 2.09.